The van der Waals surface area contributed by atoms with Crippen LogP contribution in [0.25, 0.3) is 5.69 Å². The van der Waals surface area contributed by atoms with Crippen molar-refractivity contribution in [3.8, 4) is 5.69 Å². The van der Waals surface area contributed by atoms with Gasteiger partial charge in [0, 0.05) is 13.1 Å². The number of hydrogen-bond donors (Lipinski definition) is 1. The van der Waals surface area contributed by atoms with Crippen molar-refractivity contribution < 1.29 is 22.7 Å². The molecule has 1 aromatic heterocycles. The number of carboxylic acid groups (broad SMARTS) is 1. The van der Waals surface area contributed by atoms with E-state index >= 15 is 0 Å². The molecule has 24 heavy (non-hydrogen) atoms. The lowest BCUT2D eigenvalue weighted by molar-refractivity contribution is -0.142. The van der Waals surface area contributed by atoms with E-state index in [0.29, 0.717) is 0 Å². The summed E-state index contributed by atoms with van der Waals surface area (Å²) in [5.41, 5.74) is 0.136. The van der Waals surface area contributed by atoms with Crippen LogP contribution in [-0.2, 0) is 14.8 Å². The monoisotopic (exact) mass is 353 g/mol. The van der Waals surface area contributed by atoms with Crippen molar-refractivity contribution >= 4 is 16.0 Å². The maximum absolute atomic E-state index is 13.8. The van der Waals surface area contributed by atoms with Crippen molar-refractivity contribution in [2.45, 2.75) is 11.8 Å². The zero-order chi connectivity index (χ0) is 17.5. The molecule has 1 saturated heterocycles. The van der Waals surface area contributed by atoms with Crippen molar-refractivity contribution in [2.24, 2.45) is 11.8 Å². The van der Waals surface area contributed by atoms with Crippen LogP contribution in [0.1, 0.15) is 6.92 Å². The standard InChI is InChI=1S/C15H16FN3O4S/c1-10-7-18(9-12(10)15(20)21)24(22,23)11-6-17-19(8-11)14-5-3-2-4-13(14)16/h2-6,8,10,12H,7,9H2,1H3,(H,20,21)/t10-,12-/m1/s1. The van der Waals surface area contributed by atoms with Gasteiger partial charge in [-0.3, -0.25) is 4.79 Å². The van der Waals surface area contributed by atoms with Crippen LogP contribution in [0.2, 0.25) is 0 Å². The van der Waals surface area contributed by atoms with E-state index in [1.807, 2.05) is 0 Å². The number of aliphatic carboxylic acids is 1. The summed E-state index contributed by atoms with van der Waals surface area (Å²) in [6.45, 7) is 1.75. The Morgan fingerprint density at radius 2 is 2.04 bits per heavy atom. The number of para-hydroxylation sites is 1. The lowest BCUT2D eigenvalue weighted by Gasteiger charge is -2.14. The Bertz CT molecular complexity index is 880. The van der Waals surface area contributed by atoms with Gasteiger partial charge in [0.1, 0.15) is 16.4 Å². The lowest BCUT2D eigenvalue weighted by Crippen LogP contribution is -2.29. The summed E-state index contributed by atoms with van der Waals surface area (Å²) < 4.78 is 41.4. The third kappa shape index (κ3) is 2.80. The molecule has 128 valence electrons. The van der Waals surface area contributed by atoms with Crippen LogP contribution in [0.5, 0.6) is 0 Å². The van der Waals surface area contributed by atoms with Crippen LogP contribution >= 0.6 is 0 Å². The molecule has 2 atom stereocenters. The molecule has 0 aliphatic carbocycles. The van der Waals surface area contributed by atoms with E-state index in [4.69, 9.17) is 5.11 Å². The van der Waals surface area contributed by atoms with Crippen LogP contribution in [0.15, 0.2) is 41.6 Å². The first kappa shape index (κ1) is 16.6. The van der Waals surface area contributed by atoms with E-state index in [0.717, 1.165) is 15.2 Å². The first-order valence-electron chi connectivity index (χ1n) is 7.33. The number of sulfonamides is 1. The highest BCUT2D eigenvalue weighted by molar-refractivity contribution is 7.89. The number of carboxylic acids is 1. The van der Waals surface area contributed by atoms with Gasteiger partial charge >= 0.3 is 5.97 Å². The summed E-state index contributed by atoms with van der Waals surface area (Å²) in [7, 11) is -3.87. The fourth-order valence-corrected chi connectivity index (χ4v) is 4.30. The fraction of sp³-hybridized carbons (Fsp3) is 0.333. The zero-order valence-corrected chi connectivity index (χ0v) is 13.6. The molecule has 1 aromatic carbocycles. The molecular formula is C15H16FN3O4S. The molecule has 0 spiro atoms. The zero-order valence-electron chi connectivity index (χ0n) is 12.8. The number of halogens is 1. The van der Waals surface area contributed by atoms with E-state index in [1.165, 1.54) is 24.4 Å². The first-order chi connectivity index (χ1) is 11.3. The van der Waals surface area contributed by atoms with Crippen LogP contribution in [0.3, 0.4) is 0 Å². The minimum Gasteiger partial charge on any atom is -0.481 e. The molecule has 3 rings (SSSR count). The topological polar surface area (TPSA) is 92.5 Å². The van der Waals surface area contributed by atoms with Crippen molar-refractivity contribution in [3.63, 3.8) is 0 Å². The van der Waals surface area contributed by atoms with Gasteiger partial charge in [-0.1, -0.05) is 19.1 Å². The third-order valence-electron chi connectivity index (χ3n) is 4.19. The number of hydrogen-bond acceptors (Lipinski definition) is 4. The molecule has 2 aromatic rings. The fourth-order valence-electron chi connectivity index (χ4n) is 2.80. The van der Waals surface area contributed by atoms with Gasteiger partial charge in [0.05, 0.1) is 18.3 Å². The second kappa shape index (κ2) is 5.99. The predicted molar refractivity (Wildman–Crippen MR) is 82.6 cm³/mol. The van der Waals surface area contributed by atoms with Gasteiger partial charge in [0.15, 0.2) is 0 Å². The Balaban J connectivity index is 1.90. The maximum atomic E-state index is 13.8. The van der Waals surface area contributed by atoms with Gasteiger partial charge in [-0.05, 0) is 18.1 Å². The van der Waals surface area contributed by atoms with Gasteiger partial charge in [0.2, 0.25) is 10.0 Å². The SMILES string of the molecule is C[C@@H]1CN(S(=O)(=O)c2cnn(-c3ccccc3F)c2)C[C@H]1C(=O)O. The van der Waals surface area contributed by atoms with E-state index in [2.05, 4.69) is 5.10 Å². The van der Waals surface area contributed by atoms with Crippen LogP contribution in [0, 0.1) is 17.7 Å². The number of rotatable bonds is 4. The van der Waals surface area contributed by atoms with Gasteiger partial charge in [-0.25, -0.2) is 17.5 Å². The highest BCUT2D eigenvalue weighted by atomic mass is 32.2. The Morgan fingerprint density at radius 1 is 1.33 bits per heavy atom. The molecule has 0 bridgehead atoms. The molecular weight excluding hydrogens is 337 g/mol. The third-order valence-corrected chi connectivity index (χ3v) is 5.98. The van der Waals surface area contributed by atoms with E-state index in [-0.39, 0.29) is 29.6 Å². The van der Waals surface area contributed by atoms with Gasteiger partial charge in [-0.15, -0.1) is 0 Å². The average molecular weight is 353 g/mol. The quantitative estimate of drug-likeness (QED) is 0.896. The summed E-state index contributed by atoms with van der Waals surface area (Å²) in [6.07, 6.45) is 2.37. The van der Waals surface area contributed by atoms with Crippen molar-refractivity contribution in [1.29, 1.82) is 0 Å². The molecule has 0 amide bonds. The molecule has 0 unspecified atom stereocenters. The Labute approximate surface area is 138 Å². The van der Waals surface area contributed by atoms with Crippen LogP contribution < -0.4 is 0 Å². The summed E-state index contributed by atoms with van der Waals surface area (Å²) in [4.78, 5) is 11.1. The number of benzene rings is 1. The molecule has 0 saturated carbocycles. The number of aromatic nitrogens is 2. The summed E-state index contributed by atoms with van der Waals surface area (Å²) in [5.74, 6) is -2.55. The molecule has 0 radical (unpaired) electrons. The summed E-state index contributed by atoms with van der Waals surface area (Å²) in [5, 5.41) is 13.1. The van der Waals surface area contributed by atoms with E-state index < -0.39 is 27.7 Å². The largest absolute Gasteiger partial charge is 0.481 e. The Kier molecular flexibility index (Phi) is 4.14. The van der Waals surface area contributed by atoms with Gasteiger partial charge in [-0.2, -0.15) is 9.40 Å². The molecule has 1 aliphatic rings. The predicted octanol–water partition coefficient (Wildman–Crippen LogP) is 1.35. The van der Waals surface area contributed by atoms with Crippen LogP contribution in [-0.4, -0.2) is 46.7 Å². The normalized spacial score (nSPS) is 21.9. The Morgan fingerprint density at radius 3 is 2.67 bits per heavy atom. The molecule has 2 heterocycles. The number of nitrogens with zero attached hydrogens (tertiary/aromatic N) is 3. The maximum Gasteiger partial charge on any atom is 0.308 e. The Hall–Kier alpha value is -2.26. The van der Waals surface area contributed by atoms with Gasteiger partial charge in [0.25, 0.3) is 0 Å². The highest BCUT2D eigenvalue weighted by Gasteiger charge is 2.41. The minimum atomic E-state index is -3.87. The summed E-state index contributed by atoms with van der Waals surface area (Å²) in [6, 6.07) is 5.88. The smallest absolute Gasteiger partial charge is 0.308 e. The molecule has 1 fully saturated rings. The van der Waals surface area contributed by atoms with Crippen molar-refractivity contribution in [1.82, 2.24) is 14.1 Å². The van der Waals surface area contributed by atoms with Crippen molar-refractivity contribution in [2.75, 3.05) is 13.1 Å². The minimum absolute atomic E-state index is 0.0797. The molecule has 1 N–H and O–H groups in total. The van der Waals surface area contributed by atoms with Gasteiger partial charge < -0.3 is 5.11 Å². The van der Waals surface area contributed by atoms with E-state index in [9.17, 15) is 17.6 Å². The second-order valence-corrected chi connectivity index (χ2v) is 7.75. The van der Waals surface area contributed by atoms with Crippen molar-refractivity contribution in [3.05, 3.63) is 42.5 Å². The molecule has 9 heteroatoms. The highest BCUT2D eigenvalue weighted by Crippen LogP contribution is 2.29. The first-order valence-corrected chi connectivity index (χ1v) is 8.77. The number of carbonyl (C=O) groups is 1. The van der Waals surface area contributed by atoms with E-state index in [1.54, 1.807) is 13.0 Å². The molecule has 7 nitrogen and oxygen atoms in total. The molecule has 1 aliphatic heterocycles. The lowest BCUT2D eigenvalue weighted by atomic mass is 9.99. The van der Waals surface area contributed by atoms with Crippen LogP contribution in [0.4, 0.5) is 4.39 Å². The second-order valence-electron chi connectivity index (χ2n) is 5.82. The average Bonchev–Trinajstić information content (AvgIpc) is 3.15. The summed E-state index contributed by atoms with van der Waals surface area (Å²) >= 11 is 0.